The highest BCUT2D eigenvalue weighted by Crippen LogP contribution is 2.31. The van der Waals surface area contributed by atoms with E-state index in [1.165, 1.54) is 5.56 Å². The second kappa shape index (κ2) is 6.57. The molecule has 0 radical (unpaired) electrons. The third-order valence-corrected chi connectivity index (χ3v) is 5.11. The highest BCUT2D eigenvalue weighted by atomic mass is 16.7. The topological polar surface area (TPSA) is 53.9 Å². The molecule has 2 aliphatic rings. The molecule has 1 amide bonds. The fraction of sp³-hybridized carbons (Fsp3) is 0.333. The largest absolute Gasteiger partial charge is 0.338 e. The maximum atomic E-state index is 12.7. The van der Waals surface area contributed by atoms with Gasteiger partial charge in [0.2, 0.25) is 0 Å². The molecule has 5 nitrogen and oxygen atoms in total. The van der Waals surface area contributed by atoms with Gasteiger partial charge in [0, 0.05) is 37.1 Å². The Morgan fingerprint density at radius 3 is 2.19 bits per heavy atom. The van der Waals surface area contributed by atoms with E-state index in [0.717, 1.165) is 22.5 Å². The molecule has 0 atom stereocenters. The number of nitrogens with one attached hydrogen (secondary N) is 1. The second-order valence-corrected chi connectivity index (χ2v) is 7.13. The lowest BCUT2D eigenvalue weighted by molar-refractivity contribution is -0.0849. The lowest BCUT2D eigenvalue weighted by Gasteiger charge is -2.35. The standard InChI is InChI=1S/C21H23N3O2/c1-15-3-7-17(8-4-15)19-22-21(26-23-19)11-13-24(14-12-21)20(25)18-9-5-16(2)6-10-18/h3-10H,11-14H2,1-2H3,(H,22,23). The molecule has 0 aliphatic carbocycles. The van der Waals surface area contributed by atoms with E-state index in [9.17, 15) is 4.79 Å². The van der Waals surface area contributed by atoms with Crippen LogP contribution in [-0.2, 0) is 4.84 Å². The van der Waals surface area contributed by atoms with E-state index >= 15 is 0 Å². The van der Waals surface area contributed by atoms with Crippen LogP contribution in [-0.4, -0.2) is 35.5 Å². The van der Waals surface area contributed by atoms with E-state index in [1.807, 2.05) is 48.2 Å². The summed E-state index contributed by atoms with van der Waals surface area (Å²) in [5, 5.41) is 0. The first-order valence-corrected chi connectivity index (χ1v) is 9.02. The van der Waals surface area contributed by atoms with Crippen molar-refractivity contribution < 1.29 is 9.63 Å². The van der Waals surface area contributed by atoms with Crippen molar-refractivity contribution in [2.45, 2.75) is 32.4 Å². The average Bonchev–Trinajstić information content (AvgIpc) is 3.07. The smallest absolute Gasteiger partial charge is 0.253 e. The number of hydrogen-bond acceptors (Lipinski definition) is 4. The maximum Gasteiger partial charge on any atom is 0.253 e. The molecule has 2 aromatic carbocycles. The van der Waals surface area contributed by atoms with Gasteiger partial charge in [-0.15, -0.1) is 0 Å². The van der Waals surface area contributed by atoms with Crippen molar-refractivity contribution in [1.82, 2.24) is 10.4 Å². The summed E-state index contributed by atoms with van der Waals surface area (Å²) in [6, 6.07) is 15.9. The number of aryl methyl sites for hydroxylation is 2. The van der Waals surface area contributed by atoms with Crippen molar-refractivity contribution in [2.24, 2.45) is 4.99 Å². The van der Waals surface area contributed by atoms with Gasteiger partial charge in [0.25, 0.3) is 5.91 Å². The average molecular weight is 349 g/mol. The van der Waals surface area contributed by atoms with Crippen LogP contribution in [0.15, 0.2) is 53.5 Å². The fourth-order valence-electron chi connectivity index (χ4n) is 3.38. The van der Waals surface area contributed by atoms with E-state index in [1.54, 1.807) is 0 Å². The molecule has 2 aromatic rings. The fourth-order valence-corrected chi connectivity index (χ4v) is 3.38. The number of hydroxylamine groups is 1. The molecule has 0 saturated carbocycles. The molecule has 2 aliphatic heterocycles. The zero-order chi connectivity index (χ0) is 18.1. The summed E-state index contributed by atoms with van der Waals surface area (Å²) in [6.07, 6.45) is 1.37. The lowest BCUT2D eigenvalue weighted by atomic mass is 10.00. The summed E-state index contributed by atoms with van der Waals surface area (Å²) in [7, 11) is 0. The number of aliphatic imine (C=N–C) groups is 1. The maximum absolute atomic E-state index is 12.7. The summed E-state index contributed by atoms with van der Waals surface area (Å²) < 4.78 is 0. The van der Waals surface area contributed by atoms with Crippen LogP contribution in [0.25, 0.3) is 0 Å². The number of benzene rings is 2. The highest BCUT2D eigenvalue weighted by molar-refractivity contribution is 5.99. The first-order chi connectivity index (χ1) is 12.5. The first-order valence-electron chi connectivity index (χ1n) is 9.02. The van der Waals surface area contributed by atoms with Gasteiger partial charge in [-0.1, -0.05) is 47.5 Å². The van der Waals surface area contributed by atoms with E-state index in [4.69, 9.17) is 9.83 Å². The molecule has 4 rings (SSSR count). The monoisotopic (exact) mass is 349 g/mol. The Bertz CT molecular complexity index is 833. The van der Waals surface area contributed by atoms with Crippen LogP contribution >= 0.6 is 0 Å². The lowest BCUT2D eigenvalue weighted by Crippen LogP contribution is -2.46. The van der Waals surface area contributed by atoms with Crippen molar-refractivity contribution in [3.63, 3.8) is 0 Å². The van der Waals surface area contributed by atoms with Crippen molar-refractivity contribution >= 4 is 11.7 Å². The molecule has 0 unspecified atom stereocenters. The van der Waals surface area contributed by atoms with Crippen LogP contribution in [0.3, 0.4) is 0 Å². The van der Waals surface area contributed by atoms with Crippen LogP contribution in [0.2, 0.25) is 0 Å². The Kier molecular flexibility index (Phi) is 4.24. The number of nitrogens with zero attached hydrogens (tertiary/aromatic N) is 2. The summed E-state index contributed by atoms with van der Waals surface area (Å²) in [5.74, 6) is 0.844. The molecule has 2 heterocycles. The molecule has 1 saturated heterocycles. The number of amides is 1. The summed E-state index contributed by atoms with van der Waals surface area (Å²) >= 11 is 0. The van der Waals surface area contributed by atoms with Crippen molar-refractivity contribution in [1.29, 1.82) is 0 Å². The zero-order valence-corrected chi connectivity index (χ0v) is 15.2. The van der Waals surface area contributed by atoms with Crippen LogP contribution in [0.1, 0.15) is 39.9 Å². The third kappa shape index (κ3) is 3.22. The van der Waals surface area contributed by atoms with Gasteiger partial charge in [-0.05, 0) is 26.0 Å². The van der Waals surface area contributed by atoms with Crippen molar-refractivity contribution in [2.75, 3.05) is 13.1 Å². The predicted molar refractivity (Wildman–Crippen MR) is 101 cm³/mol. The minimum absolute atomic E-state index is 0.0774. The van der Waals surface area contributed by atoms with E-state index < -0.39 is 5.72 Å². The number of carbonyl (C=O) groups is 1. The van der Waals surface area contributed by atoms with Crippen molar-refractivity contribution in [3.05, 3.63) is 70.8 Å². The van der Waals surface area contributed by atoms with Crippen LogP contribution in [0, 0.1) is 13.8 Å². The van der Waals surface area contributed by atoms with Gasteiger partial charge < -0.3 is 4.90 Å². The summed E-state index contributed by atoms with van der Waals surface area (Å²) in [4.78, 5) is 25.2. The van der Waals surface area contributed by atoms with E-state index in [2.05, 4.69) is 24.5 Å². The molecule has 134 valence electrons. The Hall–Kier alpha value is -2.66. The van der Waals surface area contributed by atoms with Gasteiger partial charge in [0.05, 0.1) is 0 Å². The number of carbonyl (C=O) groups excluding carboxylic acids is 1. The minimum Gasteiger partial charge on any atom is -0.338 e. The number of piperidine rings is 1. The Labute approximate surface area is 153 Å². The summed E-state index contributed by atoms with van der Waals surface area (Å²) in [6.45, 7) is 5.36. The van der Waals surface area contributed by atoms with Crippen LogP contribution in [0.4, 0.5) is 0 Å². The second-order valence-electron chi connectivity index (χ2n) is 7.13. The van der Waals surface area contributed by atoms with Gasteiger partial charge in [0.1, 0.15) is 0 Å². The molecule has 0 bridgehead atoms. The summed E-state index contributed by atoms with van der Waals surface area (Å²) in [5.41, 5.74) is 6.54. The molecule has 1 fully saturated rings. The SMILES string of the molecule is Cc1ccc(C(=O)N2CCC3(CC2)N=C(c2ccc(C)cc2)NO3)cc1. The number of hydrogen-bond donors (Lipinski definition) is 1. The normalized spacial score (nSPS) is 18.5. The first kappa shape index (κ1) is 16.8. The number of amidine groups is 1. The van der Waals surface area contributed by atoms with Crippen LogP contribution in [0.5, 0.6) is 0 Å². The Balaban J connectivity index is 1.44. The zero-order valence-electron chi connectivity index (χ0n) is 15.2. The van der Waals surface area contributed by atoms with Crippen molar-refractivity contribution in [3.8, 4) is 0 Å². The molecule has 1 N–H and O–H groups in total. The van der Waals surface area contributed by atoms with Gasteiger partial charge in [-0.3, -0.25) is 4.79 Å². The number of likely N-dealkylation sites (tertiary alicyclic amines) is 1. The molecule has 5 heteroatoms. The molecule has 1 spiro atoms. The third-order valence-electron chi connectivity index (χ3n) is 5.11. The molecular formula is C21H23N3O2. The number of rotatable bonds is 2. The quantitative estimate of drug-likeness (QED) is 0.906. The highest BCUT2D eigenvalue weighted by Gasteiger charge is 2.41. The van der Waals surface area contributed by atoms with Gasteiger partial charge in [0.15, 0.2) is 11.6 Å². The molecular weight excluding hydrogens is 326 g/mol. The Morgan fingerprint density at radius 1 is 1.00 bits per heavy atom. The predicted octanol–water partition coefficient (Wildman–Crippen LogP) is 3.22. The van der Waals surface area contributed by atoms with E-state index in [0.29, 0.717) is 25.9 Å². The van der Waals surface area contributed by atoms with Crippen LogP contribution < -0.4 is 5.48 Å². The Morgan fingerprint density at radius 2 is 1.58 bits per heavy atom. The minimum atomic E-state index is -0.565. The van der Waals surface area contributed by atoms with Gasteiger partial charge in [-0.25, -0.2) is 15.3 Å². The van der Waals surface area contributed by atoms with Gasteiger partial charge in [-0.2, -0.15) is 0 Å². The molecule has 26 heavy (non-hydrogen) atoms. The van der Waals surface area contributed by atoms with E-state index in [-0.39, 0.29) is 5.91 Å². The van der Waals surface area contributed by atoms with Gasteiger partial charge >= 0.3 is 0 Å². The molecule has 0 aromatic heterocycles.